The molecule has 0 aliphatic heterocycles. The second-order valence-corrected chi connectivity index (χ2v) is 5.64. The third kappa shape index (κ3) is 3.66. The van der Waals surface area contributed by atoms with Gasteiger partial charge in [0.1, 0.15) is 5.82 Å². The van der Waals surface area contributed by atoms with Gasteiger partial charge in [-0.25, -0.2) is 4.39 Å². The third-order valence-corrected chi connectivity index (χ3v) is 3.92. The summed E-state index contributed by atoms with van der Waals surface area (Å²) in [7, 11) is 0. The Bertz CT molecular complexity index is 875. The second-order valence-electron chi connectivity index (χ2n) is 5.64. The van der Waals surface area contributed by atoms with Gasteiger partial charge < -0.3 is 0 Å². The maximum absolute atomic E-state index is 12.9. The SMILES string of the molecule is Cc1ccccc1-c1ccc(/C=C/C(=O)c2ccc(F)cc2)cc1. The number of hydrogen-bond acceptors (Lipinski definition) is 1. The molecule has 1 nitrogen and oxygen atoms in total. The van der Waals surface area contributed by atoms with Gasteiger partial charge in [-0.15, -0.1) is 0 Å². The molecule has 0 fully saturated rings. The molecule has 0 N–H and O–H groups in total. The number of aryl methyl sites for hydroxylation is 1. The fraction of sp³-hybridized carbons (Fsp3) is 0.0455. The Labute approximate surface area is 141 Å². The van der Waals surface area contributed by atoms with Crippen molar-refractivity contribution < 1.29 is 9.18 Å². The van der Waals surface area contributed by atoms with Crippen molar-refractivity contribution in [3.8, 4) is 11.1 Å². The van der Waals surface area contributed by atoms with Crippen molar-refractivity contribution in [3.05, 3.63) is 101 Å². The molecule has 0 unspecified atom stereocenters. The fourth-order valence-electron chi connectivity index (χ4n) is 2.55. The summed E-state index contributed by atoms with van der Waals surface area (Å²) >= 11 is 0. The first-order chi connectivity index (χ1) is 11.6. The standard InChI is InChI=1S/C22H17FO/c1-16-4-2-3-5-21(16)18-9-6-17(7-10-18)8-15-22(24)19-11-13-20(23)14-12-19/h2-15H,1H3/b15-8+. The Morgan fingerprint density at radius 2 is 1.54 bits per heavy atom. The highest BCUT2D eigenvalue weighted by molar-refractivity contribution is 6.06. The second kappa shape index (κ2) is 7.05. The van der Waals surface area contributed by atoms with Crippen LogP contribution in [0, 0.1) is 12.7 Å². The van der Waals surface area contributed by atoms with Gasteiger partial charge in [-0.1, -0.05) is 54.6 Å². The molecule has 3 aromatic rings. The highest BCUT2D eigenvalue weighted by atomic mass is 19.1. The van der Waals surface area contributed by atoms with Crippen LogP contribution in [0.4, 0.5) is 4.39 Å². The van der Waals surface area contributed by atoms with Crippen molar-refractivity contribution in [1.82, 2.24) is 0 Å². The molecule has 0 aliphatic carbocycles. The summed E-state index contributed by atoms with van der Waals surface area (Å²) in [6, 6.07) is 21.8. The smallest absolute Gasteiger partial charge is 0.185 e. The van der Waals surface area contributed by atoms with Crippen molar-refractivity contribution in [2.75, 3.05) is 0 Å². The van der Waals surface area contributed by atoms with Crippen LogP contribution in [0.25, 0.3) is 17.2 Å². The van der Waals surface area contributed by atoms with E-state index in [1.165, 1.54) is 41.5 Å². The number of rotatable bonds is 4. The van der Waals surface area contributed by atoms with Crippen LogP contribution in [0.3, 0.4) is 0 Å². The van der Waals surface area contributed by atoms with E-state index < -0.39 is 0 Å². The van der Waals surface area contributed by atoms with E-state index in [4.69, 9.17) is 0 Å². The molecule has 0 spiro atoms. The van der Waals surface area contributed by atoms with Gasteiger partial charge >= 0.3 is 0 Å². The van der Waals surface area contributed by atoms with Crippen LogP contribution in [0.2, 0.25) is 0 Å². The lowest BCUT2D eigenvalue weighted by atomic mass is 9.99. The molecule has 2 heteroatoms. The predicted molar refractivity (Wildman–Crippen MR) is 96.4 cm³/mol. The zero-order chi connectivity index (χ0) is 16.9. The Hall–Kier alpha value is -3.00. The molecule has 0 saturated carbocycles. The molecule has 3 rings (SSSR count). The van der Waals surface area contributed by atoms with Crippen molar-refractivity contribution in [2.45, 2.75) is 6.92 Å². The average Bonchev–Trinajstić information content (AvgIpc) is 2.61. The van der Waals surface area contributed by atoms with Crippen molar-refractivity contribution >= 4 is 11.9 Å². The van der Waals surface area contributed by atoms with Gasteiger partial charge in [0.2, 0.25) is 0 Å². The molecule has 0 saturated heterocycles. The quantitative estimate of drug-likeness (QED) is 0.446. The van der Waals surface area contributed by atoms with Gasteiger partial charge in [0.05, 0.1) is 0 Å². The number of carbonyl (C=O) groups excluding carboxylic acids is 1. The van der Waals surface area contributed by atoms with Gasteiger partial charge in [0, 0.05) is 5.56 Å². The summed E-state index contributed by atoms with van der Waals surface area (Å²) in [5.41, 5.74) is 5.00. The Kier molecular flexibility index (Phi) is 4.66. The molecular formula is C22H17FO. The minimum Gasteiger partial charge on any atom is -0.289 e. The number of halogens is 1. The van der Waals surface area contributed by atoms with Crippen LogP contribution < -0.4 is 0 Å². The zero-order valence-electron chi connectivity index (χ0n) is 13.4. The molecule has 0 bridgehead atoms. The summed E-state index contributed by atoms with van der Waals surface area (Å²) in [5.74, 6) is -0.486. The Morgan fingerprint density at radius 1 is 0.875 bits per heavy atom. The monoisotopic (exact) mass is 316 g/mol. The van der Waals surface area contributed by atoms with Crippen LogP contribution in [-0.4, -0.2) is 5.78 Å². The third-order valence-electron chi connectivity index (χ3n) is 3.92. The van der Waals surface area contributed by atoms with E-state index in [0.29, 0.717) is 5.56 Å². The average molecular weight is 316 g/mol. The van der Waals surface area contributed by atoms with E-state index >= 15 is 0 Å². The first-order valence-electron chi connectivity index (χ1n) is 7.77. The van der Waals surface area contributed by atoms with Gasteiger partial charge in [-0.2, -0.15) is 0 Å². The van der Waals surface area contributed by atoms with Crippen molar-refractivity contribution in [1.29, 1.82) is 0 Å². The topological polar surface area (TPSA) is 17.1 Å². The summed E-state index contributed by atoms with van der Waals surface area (Å²) in [4.78, 5) is 12.1. The minimum atomic E-state index is -0.345. The van der Waals surface area contributed by atoms with Gasteiger partial charge in [-0.3, -0.25) is 4.79 Å². The first kappa shape index (κ1) is 15.9. The van der Waals surface area contributed by atoms with E-state index in [1.54, 1.807) is 6.08 Å². The highest BCUT2D eigenvalue weighted by Crippen LogP contribution is 2.23. The van der Waals surface area contributed by atoms with Crippen molar-refractivity contribution in [3.63, 3.8) is 0 Å². The lowest BCUT2D eigenvalue weighted by Crippen LogP contribution is -1.93. The molecule has 0 amide bonds. The van der Waals surface area contributed by atoms with Gasteiger partial charge in [0.15, 0.2) is 5.78 Å². The van der Waals surface area contributed by atoms with Crippen LogP contribution in [0.15, 0.2) is 78.9 Å². The van der Waals surface area contributed by atoms with E-state index in [0.717, 1.165) is 11.1 Å². The van der Waals surface area contributed by atoms with Gasteiger partial charge in [0.25, 0.3) is 0 Å². The fourth-order valence-corrected chi connectivity index (χ4v) is 2.55. The molecule has 0 aliphatic rings. The minimum absolute atomic E-state index is 0.141. The largest absolute Gasteiger partial charge is 0.289 e. The zero-order valence-corrected chi connectivity index (χ0v) is 13.4. The van der Waals surface area contributed by atoms with E-state index in [1.807, 2.05) is 36.4 Å². The number of allylic oxidation sites excluding steroid dienone is 1. The lowest BCUT2D eigenvalue weighted by molar-refractivity contribution is 0.104. The molecule has 0 heterocycles. The highest BCUT2D eigenvalue weighted by Gasteiger charge is 2.02. The molecular weight excluding hydrogens is 299 g/mol. The molecule has 0 atom stereocenters. The molecule has 0 radical (unpaired) electrons. The Balaban J connectivity index is 1.75. The van der Waals surface area contributed by atoms with Gasteiger partial charge in [-0.05, 0) is 59.5 Å². The Morgan fingerprint density at radius 3 is 2.21 bits per heavy atom. The summed E-state index contributed by atoms with van der Waals surface area (Å²) in [6.45, 7) is 2.09. The van der Waals surface area contributed by atoms with Crippen LogP contribution >= 0.6 is 0 Å². The number of benzene rings is 3. The first-order valence-corrected chi connectivity index (χ1v) is 7.77. The van der Waals surface area contributed by atoms with Crippen LogP contribution in [0.1, 0.15) is 21.5 Å². The summed E-state index contributed by atoms with van der Waals surface area (Å²) in [5, 5.41) is 0. The van der Waals surface area contributed by atoms with Crippen LogP contribution in [0.5, 0.6) is 0 Å². The molecule has 3 aromatic carbocycles. The maximum atomic E-state index is 12.9. The predicted octanol–water partition coefficient (Wildman–Crippen LogP) is 5.70. The number of hydrogen-bond donors (Lipinski definition) is 0. The molecule has 24 heavy (non-hydrogen) atoms. The van der Waals surface area contributed by atoms with Crippen LogP contribution in [-0.2, 0) is 0 Å². The summed E-state index contributed by atoms with van der Waals surface area (Å²) in [6.07, 6.45) is 3.28. The normalized spacial score (nSPS) is 10.9. The summed E-state index contributed by atoms with van der Waals surface area (Å²) < 4.78 is 12.9. The molecule has 118 valence electrons. The van der Waals surface area contributed by atoms with E-state index in [9.17, 15) is 9.18 Å². The van der Waals surface area contributed by atoms with E-state index in [2.05, 4.69) is 19.1 Å². The van der Waals surface area contributed by atoms with Crippen molar-refractivity contribution in [2.24, 2.45) is 0 Å². The number of ketones is 1. The number of carbonyl (C=O) groups is 1. The lowest BCUT2D eigenvalue weighted by Gasteiger charge is -2.05. The van der Waals surface area contributed by atoms with E-state index in [-0.39, 0.29) is 11.6 Å². The maximum Gasteiger partial charge on any atom is 0.185 e. The molecule has 0 aromatic heterocycles.